The zero-order valence-corrected chi connectivity index (χ0v) is 6.03. The Bertz CT molecular complexity index is 83.7. The van der Waals surface area contributed by atoms with E-state index in [1.165, 1.54) is 0 Å². The fourth-order valence-electron chi connectivity index (χ4n) is 1.09. The molecule has 1 aliphatic rings. The average molecular weight is 146 g/mol. The van der Waals surface area contributed by atoms with Crippen molar-refractivity contribution in [3.8, 4) is 0 Å². The molecule has 1 saturated heterocycles. The lowest BCUT2D eigenvalue weighted by molar-refractivity contribution is -0.0448. The minimum atomic E-state index is 0.229. The first-order valence-corrected chi connectivity index (χ1v) is 3.53. The van der Waals surface area contributed by atoms with E-state index >= 15 is 0 Å². The zero-order valence-electron chi connectivity index (χ0n) is 6.03. The molecular formula is C6H14N2O2. The first-order valence-electron chi connectivity index (χ1n) is 3.53. The van der Waals surface area contributed by atoms with E-state index in [0.717, 1.165) is 26.4 Å². The van der Waals surface area contributed by atoms with Gasteiger partial charge >= 0.3 is 0 Å². The lowest BCUT2D eigenvalue weighted by Gasteiger charge is -2.41. The molecule has 0 aliphatic carbocycles. The molecule has 2 N–H and O–H groups in total. The monoisotopic (exact) mass is 146 g/mol. The normalized spacial score (nSPS) is 21.0. The number of hydrogen-bond donors (Lipinski definition) is 2. The SMILES string of the molecule is OCCN1CN(CCO)C1. The quantitative estimate of drug-likeness (QED) is 0.507. The van der Waals surface area contributed by atoms with E-state index < -0.39 is 0 Å². The van der Waals surface area contributed by atoms with Crippen molar-refractivity contribution in [3.05, 3.63) is 0 Å². The highest BCUT2D eigenvalue weighted by atomic mass is 16.3. The fourth-order valence-corrected chi connectivity index (χ4v) is 1.09. The number of aliphatic hydroxyl groups is 2. The Balaban J connectivity index is 1.95. The van der Waals surface area contributed by atoms with Crippen molar-refractivity contribution in [2.45, 2.75) is 0 Å². The largest absolute Gasteiger partial charge is 0.395 e. The molecule has 0 saturated carbocycles. The van der Waals surface area contributed by atoms with Crippen LogP contribution >= 0.6 is 0 Å². The Morgan fingerprint density at radius 3 is 1.60 bits per heavy atom. The van der Waals surface area contributed by atoms with Crippen LogP contribution in [0, 0.1) is 0 Å². The van der Waals surface area contributed by atoms with Gasteiger partial charge in [-0.1, -0.05) is 0 Å². The highest BCUT2D eigenvalue weighted by Gasteiger charge is 2.21. The highest BCUT2D eigenvalue weighted by Crippen LogP contribution is 2.05. The molecule has 1 rings (SSSR count). The van der Waals surface area contributed by atoms with Crippen molar-refractivity contribution >= 4 is 0 Å². The van der Waals surface area contributed by atoms with Gasteiger partial charge in [-0.3, -0.25) is 9.80 Å². The topological polar surface area (TPSA) is 46.9 Å². The summed E-state index contributed by atoms with van der Waals surface area (Å²) in [6.45, 7) is 3.74. The van der Waals surface area contributed by atoms with Crippen LogP contribution in [0.5, 0.6) is 0 Å². The molecule has 0 radical (unpaired) electrons. The van der Waals surface area contributed by atoms with Crippen molar-refractivity contribution in [3.63, 3.8) is 0 Å². The predicted octanol–water partition coefficient (Wildman–Crippen LogP) is -1.50. The van der Waals surface area contributed by atoms with Gasteiger partial charge in [0, 0.05) is 13.1 Å². The molecule has 0 amide bonds. The van der Waals surface area contributed by atoms with Crippen LogP contribution in [0.1, 0.15) is 0 Å². The van der Waals surface area contributed by atoms with Gasteiger partial charge in [-0.05, 0) is 0 Å². The molecule has 0 spiro atoms. The van der Waals surface area contributed by atoms with E-state index in [9.17, 15) is 0 Å². The molecule has 0 aromatic heterocycles. The van der Waals surface area contributed by atoms with Crippen LogP contribution in [0.4, 0.5) is 0 Å². The first-order chi connectivity index (χ1) is 4.86. The van der Waals surface area contributed by atoms with Gasteiger partial charge in [-0.15, -0.1) is 0 Å². The smallest absolute Gasteiger partial charge is 0.0559 e. The number of β-amino-alcohol motifs (C(OH)–C–C–N with tert-alkyl or cyclic N) is 2. The molecule has 0 aromatic rings. The van der Waals surface area contributed by atoms with Crippen LogP contribution in [0.2, 0.25) is 0 Å². The van der Waals surface area contributed by atoms with Crippen LogP contribution in [0.15, 0.2) is 0 Å². The van der Waals surface area contributed by atoms with Gasteiger partial charge in [0.2, 0.25) is 0 Å². The molecule has 0 unspecified atom stereocenters. The third kappa shape index (κ3) is 1.91. The predicted molar refractivity (Wildman–Crippen MR) is 37.3 cm³/mol. The Morgan fingerprint density at radius 2 is 1.30 bits per heavy atom. The van der Waals surface area contributed by atoms with Crippen molar-refractivity contribution in [2.24, 2.45) is 0 Å². The lowest BCUT2D eigenvalue weighted by Crippen LogP contribution is -2.56. The van der Waals surface area contributed by atoms with E-state index in [-0.39, 0.29) is 13.2 Å². The molecule has 4 nitrogen and oxygen atoms in total. The molecule has 0 bridgehead atoms. The molecule has 10 heavy (non-hydrogen) atoms. The maximum absolute atomic E-state index is 8.51. The number of nitrogens with zero attached hydrogens (tertiary/aromatic N) is 2. The molecule has 1 aliphatic heterocycles. The van der Waals surface area contributed by atoms with Crippen LogP contribution in [-0.2, 0) is 0 Å². The average Bonchev–Trinajstić information content (AvgIpc) is 1.84. The van der Waals surface area contributed by atoms with Gasteiger partial charge < -0.3 is 10.2 Å². The van der Waals surface area contributed by atoms with Gasteiger partial charge in [-0.25, -0.2) is 0 Å². The van der Waals surface area contributed by atoms with E-state index in [0.29, 0.717) is 0 Å². The summed E-state index contributed by atoms with van der Waals surface area (Å²) in [5.74, 6) is 0. The summed E-state index contributed by atoms with van der Waals surface area (Å²) in [6, 6.07) is 0. The fraction of sp³-hybridized carbons (Fsp3) is 1.00. The Hall–Kier alpha value is -0.160. The van der Waals surface area contributed by atoms with Crippen LogP contribution in [-0.4, -0.2) is 59.7 Å². The van der Waals surface area contributed by atoms with Crippen molar-refractivity contribution in [1.82, 2.24) is 9.80 Å². The number of hydrogen-bond acceptors (Lipinski definition) is 4. The maximum atomic E-state index is 8.51. The summed E-state index contributed by atoms with van der Waals surface area (Å²) in [5, 5.41) is 17.0. The number of rotatable bonds is 4. The molecule has 4 heteroatoms. The summed E-state index contributed by atoms with van der Waals surface area (Å²) < 4.78 is 0. The third-order valence-electron chi connectivity index (χ3n) is 1.63. The second-order valence-corrected chi connectivity index (χ2v) is 2.52. The van der Waals surface area contributed by atoms with Crippen LogP contribution in [0.25, 0.3) is 0 Å². The van der Waals surface area contributed by atoms with Crippen molar-refractivity contribution < 1.29 is 10.2 Å². The minimum Gasteiger partial charge on any atom is -0.395 e. The third-order valence-corrected chi connectivity index (χ3v) is 1.63. The highest BCUT2D eigenvalue weighted by molar-refractivity contribution is 4.68. The van der Waals surface area contributed by atoms with Gasteiger partial charge in [0.15, 0.2) is 0 Å². The standard InChI is InChI=1S/C6H14N2O2/c9-3-1-7-5-8(6-7)2-4-10/h9-10H,1-6H2. The summed E-state index contributed by atoms with van der Waals surface area (Å²) in [4.78, 5) is 4.24. The van der Waals surface area contributed by atoms with Gasteiger partial charge in [-0.2, -0.15) is 0 Å². The second-order valence-electron chi connectivity index (χ2n) is 2.52. The molecular weight excluding hydrogens is 132 g/mol. The van der Waals surface area contributed by atoms with E-state index in [1.54, 1.807) is 0 Å². The molecule has 0 atom stereocenters. The zero-order chi connectivity index (χ0) is 7.40. The van der Waals surface area contributed by atoms with Gasteiger partial charge in [0.25, 0.3) is 0 Å². The summed E-state index contributed by atoms with van der Waals surface area (Å²) >= 11 is 0. The van der Waals surface area contributed by atoms with Crippen LogP contribution in [0.3, 0.4) is 0 Å². The van der Waals surface area contributed by atoms with E-state index in [4.69, 9.17) is 10.2 Å². The lowest BCUT2D eigenvalue weighted by atomic mass is 10.4. The van der Waals surface area contributed by atoms with E-state index in [2.05, 4.69) is 9.80 Å². The molecule has 1 fully saturated rings. The summed E-state index contributed by atoms with van der Waals surface area (Å²) in [5.41, 5.74) is 0. The summed E-state index contributed by atoms with van der Waals surface area (Å²) in [6.07, 6.45) is 0. The Labute approximate surface area is 60.7 Å². The first kappa shape index (κ1) is 7.94. The maximum Gasteiger partial charge on any atom is 0.0559 e. The molecule has 0 aromatic carbocycles. The van der Waals surface area contributed by atoms with Crippen molar-refractivity contribution in [2.75, 3.05) is 39.6 Å². The van der Waals surface area contributed by atoms with E-state index in [1.807, 2.05) is 0 Å². The minimum absolute atomic E-state index is 0.229. The Morgan fingerprint density at radius 1 is 0.900 bits per heavy atom. The van der Waals surface area contributed by atoms with Gasteiger partial charge in [0.05, 0.1) is 26.6 Å². The summed E-state index contributed by atoms with van der Waals surface area (Å²) in [7, 11) is 0. The Kier molecular flexibility index (Phi) is 3.08. The van der Waals surface area contributed by atoms with Crippen molar-refractivity contribution in [1.29, 1.82) is 0 Å². The second kappa shape index (κ2) is 3.88. The number of aliphatic hydroxyl groups excluding tert-OH is 2. The van der Waals surface area contributed by atoms with Crippen LogP contribution < -0.4 is 0 Å². The molecule has 60 valence electrons. The van der Waals surface area contributed by atoms with Gasteiger partial charge in [0.1, 0.15) is 0 Å². The molecule has 1 heterocycles.